The van der Waals surface area contributed by atoms with Crippen LogP contribution < -0.4 is 0 Å². The van der Waals surface area contributed by atoms with Crippen LogP contribution in [0.4, 0.5) is 0 Å². The van der Waals surface area contributed by atoms with Crippen LogP contribution in [0.5, 0.6) is 0 Å². The normalized spacial score (nSPS) is 29.8. The van der Waals surface area contributed by atoms with Crippen LogP contribution in [0.3, 0.4) is 0 Å². The minimum atomic E-state index is -1.40. The quantitative estimate of drug-likeness (QED) is 0.509. The zero-order valence-corrected chi connectivity index (χ0v) is 6.93. The van der Waals surface area contributed by atoms with Gasteiger partial charge in [0.1, 0.15) is 5.16 Å². The largest absolute Gasteiger partial charge is 0.480 e. The molecule has 0 radical (unpaired) electrons. The Kier molecular flexibility index (Phi) is 2.20. The third-order valence-electron chi connectivity index (χ3n) is 1.31. The summed E-state index contributed by atoms with van der Waals surface area (Å²) in [5, 5.41) is 8.74. The van der Waals surface area contributed by atoms with Gasteiger partial charge < -0.3 is 5.11 Å². The lowest BCUT2D eigenvalue weighted by molar-refractivity contribution is -0.138. The highest BCUT2D eigenvalue weighted by Gasteiger charge is 2.35. The van der Waals surface area contributed by atoms with E-state index in [9.17, 15) is 4.79 Å². The molecule has 1 N–H and O–H groups in total. The Bertz CT molecular complexity index is 249. The maximum Gasteiger partial charge on any atom is 0.329 e. The Morgan fingerprint density at radius 1 is 1.82 bits per heavy atom. The first-order valence-electron chi connectivity index (χ1n) is 2.88. The molecule has 1 atom stereocenters. The van der Waals surface area contributed by atoms with Crippen molar-refractivity contribution < 1.29 is 9.90 Å². The van der Waals surface area contributed by atoms with Crippen molar-refractivity contribution >= 4 is 35.4 Å². The molecule has 1 heterocycles. The number of hydrogen-bond donors (Lipinski definition) is 1. The monoisotopic (exact) mass is 193 g/mol. The number of rotatable bonds is 1. The molecule has 1 aliphatic heterocycles. The van der Waals surface area contributed by atoms with E-state index in [0.717, 1.165) is 0 Å². The lowest BCUT2D eigenvalue weighted by Crippen LogP contribution is -2.31. The first-order chi connectivity index (χ1) is 5.04. The van der Waals surface area contributed by atoms with Crippen molar-refractivity contribution in [2.75, 3.05) is 0 Å². The Morgan fingerprint density at radius 2 is 2.45 bits per heavy atom. The van der Waals surface area contributed by atoms with Crippen LogP contribution >= 0.6 is 23.2 Å². The van der Waals surface area contributed by atoms with E-state index in [1.165, 1.54) is 12.3 Å². The summed E-state index contributed by atoms with van der Waals surface area (Å²) in [5.74, 6) is -1.11. The van der Waals surface area contributed by atoms with E-state index in [0.29, 0.717) is 0 Å². The number of carboxylic acids is 1. The zero-order valence-electron chi connectivity index (χ0n) is 5.42. The van der Waals surface area contributed by atoms with E-state index in [-0.39, 0.29) is 11.6 Å². The molecule has 0 aliphatic carbocycles. The Morgan fingerprint density at radius 3 is 2.82 bits per heavy atom. The molecular weight excluding hydrogens is 189 g/mol. The van der Waals surface area contributed by atoms with Gasteiger partial charge in [-0.05, 0) is 6.08 Å². The van der Waals surface area contributed by atoms with E-state index < -0.39 is 10.8 Å². The van der Waals surface area contributed by atoms with Crippen molar-refractivity contribution in [2.24, 2.45) is 4.99 Å². The number of aliphatic carboxylic acids is 1. The summed E-state index contributed by atoms with van der Waals surface area (Å²) in [6.45, 7) is 0. The third-order valence-corrected chi connectivity index (χ3v) is 1.94. The van der Waals surface area contributed by atoms with Crippen LogP contribution in [0.25, 0.3) is 0 Å². The number of halogens is 2. The van der Waals surface area contributed by atoms with Crippen molar-refractivity contribution in [1.82, 2.24) is 0 Å². The first kappa shape index (κ1) is 8.56. The van der Waals surface area contributed by atoms with Gasteiger partial charge in [0.05, 0.1) is 0 Å². The smallest absolute Gasteiger partial charge is 0.329 e. The average Bonchev–Trinajstić information content (AvgIpc) is 1.86. The number of alkyl halides is 1. The van der Waals surface area contributed by atoms with E-state index in [1.807, 2.05) is 0 Å². The van der Waals surface area contributed by atoms with E-state index in [1.54, 1.807) is 0 Å². The summed E-state index contributed by atoms with van der Waals surface area (Å²) in [4.78, 5) is 12.8. The molecule has 1 rings (SSSR count). The van der Waals surface area contributed by atoms with Gasteiger partial charge in [-0.2, -0.15) is 0 Å². The number of carboxylic acid groups (broad SMARTS) is 1. The van der Waals surface area contributed by atoms with Crippen LogP contribution in [0.2, 0.25) is 0 Å². The maximum atomic E-state index is 10.5. The highest BCUT2D eigenvalue weighted by Crippen LogP contribution is 2.27. The van der Waals surface area contributed by atoms with E-state index >= 15 is 0 Å². The number of nitrogens with zero attached hydrogens (tertiary/aromatic N) is 1. The fourth-order valence-electron chi connectivity index (χ4n) is 0.700. The molecule has 11 heavy (non-hydrogen) atoms. The molecular formula is C6H5Cl2NO2. The van der Waals surface area contributed by atoms with Gasteiger partial charge in [-0.1, -0.05) is 11.6 Å². The molecule has 0 spiro atoms. The topological polar surface area (TPSA) is 49.7 Å². The second-order valence-electron chi connectivity index (χ2n) is 2.15. The second-order valence-corrected chi connectivity index (χ2v) is 3.21. The molecule has 60 valence electrons. The zero-order chi connectivity index (χ0) is 8.48. The molecule has 0 aromatic rings. The molecule has 0 saturated heterocycles. The first-order valence-corrected chi connectivity index (χ1v) is 3.63. The molecule has 0 bridgehead atoms. The van der Waals surface area contributed by atoms with Crippen LogP contribution in [-0.4, -0.2) is 22.2 Å². The van der Waals surface area contributed by atoms with Gasteiger partial charge in [0, 0.05) is 12.6 Å². The van der Waals surface area contributed by atoms with Gasteiger partial charge in [0.2, 0.25) is 0 Å². The SMILES string of the molecule is O=C(O)C1(Cl)C=C(Cl)N=CC1. The average molecular weight is 194 g/mol. The molecule has 0 aromatic heterocycles. The fraction of sp³-hybridized carbons (Fsp3) is 0.333. The third kappa shape index (κ3) is 1.73. The molecule has 0 saturated carbocycles. The molecule has 5 heteroatoms. The summed E-state index contributed by atoms with van der Waals surface area (Å²) < 4.78 is 0. The Balaban J connectivity index is 2.92. The van der Waals surface area contributed by atoms with Crippen LogP contribution in [0, 0.1) is 0 Å². The predicted octanol–water partition coefficient (Wildman–Crippen LogP) is 1.60. The molecule has 3 nitrogen and oxygen atoms in total. The highest BCUT2D eigenvalue weighted by atomic mass is 35.5. The van der Waals surface area contributed by atoms with Crippen molar-refractivity contribution in [3.05, 3.63) is 11.2 Å². The maximum absolute atomic E-state index is 10.5. The van der Waals surface area contributed by atoms with Gasteiger partial charge >= 0.3 is 5.97 Å². The number of hydrogen-bond acceptors (Lipinski definition) is 2. The molecule has 1 unspecified atom stereocenters. The van der Waals surface area contributed by atoms with Crippen LogP contribution in [-0.2, 0) is 4.79 Å². The van der Waals surface area contributed by atoms with Gasteiger partial charge in [0.15, 0.2) is 4.87 Å². The minimum absolute atomic E-state index is 0.119. The predicted molar refractivity (Wildman–Crippen MR) is 43.3 cm³/mol. The minimum Gasteiger partial charge on any atom is -0.480 e. The summed E-state index contributed by atoms with van der Waals surface area (Å²) in [7, 11) is 0. The van der Waals surface area contributed by atoms with Crippen molar-refractivity contribution in [2.45, 2.75) is 11.3 Å². The highest BCUT2D eigenvalue weighted by molar-refractivity contribution is 6.38. The van der Waals surface area contributed by atoms with Gasteiger partial charge in [-0.15, -0.1) is 11.6 Å². The summed E-state index contributed by atoms with van der Waals surface area (Å²) in [5.41, 5.74) is 0. The van der Waals surface area contributed by atoms with E-state index in [4.69, 9.17) is 28.3 Å². The second kappa shape index (κ2) is 2.83. The van der Waals surface area contributed by atoms with Crippen molar-refractivity contribution in [3.8, 4) is 0 Å². The number of aliphatic imine (C=N–C) groups is 1. The summed E-state index contributed by atoms with van der Waals surface area (Å²) in [6, 6.07) is 0. The van der Waals surface area contributed by atoms with Crippen LogP contribution in [0.1, 0.15) is 6.42 Å². The lowest BCUT2D eigenvalue weighted by atomic mass is 10.0. The summed E-state index contributed by atoms with van der Waals surface area (Å²) >= 11 is 11.1. The van der Waals surface area contributed by atoms with Crippen molar-refractivity contribution in [3.63, 3.8) is 0 Å². The van der Waals surface area contributed by atoms with E-state index in [2.05, 4.69) is 4.99 Å². The number of carbonyl (C=O) groups is 1. The van der Waals surface area contributed by atoms with Gasteiger partial charge in [0.25, 0.3) is 0 Å². The van der Waals surface area contributed by atoms with Gasteiger partial charge in [-0.3, -0.25) is 0 Å². The van der Waals surface area contributed by atoms with Crippen molar-refractivity contribution in [1.29, 1.82) is 0 Å². The fourth-order valence-corrected chi connectivity index (χ4v) is 1.18. The van der Waals surface area contributed by atoms with Crippen LogP contribution in [0.15, 0.2) is 16.2 Å². The molecule has 1 aliphatic rings. The standard InChI is InChI=1S/C6H5Cl2NO2/c7-4-3-6(8,5(10)11)1-2-9-4/h2-3H,1H2,(H,10,11). The Labute approximate surface area is 73.3 Å². The lowest BCUT2D eigenvalue weighted by Gasteiger charge is -2.17. The molecule has 0 aromatic carbocycles. The molecule has 0 fully saturated rings. The summed E-state index contributed by atoms with van der Waals surface area (Å²) in [6.07, 6.45) is 2.78. The van der Waals surface area contributed by atoms with Gasteiger partial charge in [-0.25, -0.2) is 9.79 Å². The molecule has 0 amide bonds. The Hall–Kier alpha value is -0.540.